The minimum absolute atomic E-state index is 0.0961. The summed E-state index contributed by atoms with van der Waals surface area (Å²) in [6.45, 7) is 2.02. The molecule has 0 radical (unpaired) electrons. The molecule has 0 unspecified atom stereocenters. The van der Waals surface area contributed by atoms with Gasteiger partial charge in [0.25, 0.3) is 5.91 Å². The maximum absolute atomic E-state index is 12.6. The van der Waals surface area contributed by atoms with Gasteiger partial charge in [0.2, 0.25) is 0 Å². The van der Waals surface area contributed by atoms with Gasteiger partial charge in [-0.15, -0.1) is 0 Å². The van der Waals surface area contributed by atoms with Crippen LogP contribution in [0.3, 0.4) is 0 Å². The summed E-state index contributed by atoms with van der Waals surface area (Å²) in [5.74, 6) is -0.0961. The van der Waals surface area contributed by atoms with Gasteiger partial charge in [0.15, 0.2) is 4.32 Å². The summed E-state index contributed by atoms with van der Waals surface area (Å²) in [5.41, 5.74) is 2.86. The standard InChI is InChI=1S/C16H12N2OS2/c1-11-5-2-3-6-12(11)9-14-15(19)18(16(20)21-14)13-7-4-8-17-10-13/h2-10H,1H3/b14-9-. The number of hydrogen-bond acceptors (Lipinski definition) is 4. The van der Waals surface area contributed by atoms with E-state index in [2.05, 4.69) is 4.98 Å². The van der Waals surface area contributed by atoms with Crippen LogP contribution in [0.5, 0.6) is 0 Å². The molecular weight excluding hydrogens is 300 g/mol. The Bertz CT molecular complexity index is 741. The zero-order valence-electron chi connectivity index (χ0n) is 11.3. The molecule has 0 spiro atoms. The molecule has 2 aromatic rings. The number of hydrogen-bond donors (Lipinski definition) is 0. The van der Waals surface area contributed by atoms with Crippen molar-refractivity contribution in [3.63, 3.8) is 0 Å². The molecule has 0 N–H and O–H groups in total. The Balaban J connectivity index is 1.96. The zero-order chi connectivity index (χ0) is 14.8. The van der Waals surface area contributed by atoms with Gasteiger partial charge in [-0.1, -0.05) is 48.2 Å². The SMILES string of the molecule is Cc1ccccc1/C=C1\SC(=S)N(c2cccnc2)C1=O. The van der Waals surface area contributed by atoms with Gasteiger partial charge in [-0.2, -0.15) is 0 Å². The Morgan fingerprint density at radius 1 is 1.24 bits per heavy atom. The molecular formula is C16H12N2OS2. The highest BCUT2D eigenvalue weighted by Gasteiger charge is 2.33. The average molecular weight is 312 g/mol. The maximum atomic E-state index is 12.6. The van der Waals surface area contributed by atoms with E-state index in [0.29, 0.717) is 14.9 Å². The number of thioether (sulfide) groups is 1. The van der Waals surface area contributed by atoms with Gasteiger partial charge >= 0.3 is 0 Å². The normalized spacial score (nSPS) is 16.8. The van der Waals surface area contributed by atoms with Crippen LogP contribution in [-0.2, 0) is 4.79 Å². The van der Waals surface area contributed by atoms with Crippen LogP contribution in [0.4, 0.5) is 5.69 Å². The Labute approximate surface area is 132 Å². The quantitative estimate of drug-likeness (QED) is 0.624. The van der Waals surface area contributed by atoms with Crippen molar-refractivity contribution in [3.8, 4) is 0 Å². The summed E-state index contributed by atoms with van der Waals surface area (Å²) in [7, 11) is 0. The lowest BCUT2D eigenvalue weighted by Crippen LogP contribution is -2.27. The van der Waals surface area contributed by atoms with Crippen LogP contribution >= 0.6 is 24.0 Å². The second-order valence-corrected chi connectivity index (χ2v) is 6.26. The Morgan fingerprint density at radius 2 is 2.05 bits per heavy atom. The summed E-state index contributed by atoms with van der Waals surface area (Å²) in [6, 6.07) is 11.6. The van der Waals surface area contributed by atoms with E-state index in [0.717, 1.165) is 11.1 Å². The molecule has 1 aromatic carbocycles. The zero-order valence-corrected chi connectivity index (χ0v) is 12.9. The van der Waals surface area contributed by atoms with Gasteiger partial charge in [0, 0.05) is 6.20 Å². The van der Waals surface area contributed by atoms with Crippen molar-refractivity contribution in [2.45, 2.75) is 6.92 Å². The first-order chi connectivity index (χ1) is 10.2. The number of thiocarbonyl (C=S) groups is 1. The van der Waals surface area contributed by atoms with Crippen LogP contribution in [0.2, 0.25) is 0 Å². The van der Waals surface area contributed by atoms with E-state index < -0.39 is 0 Å². The van der Waals surface area contributed by atoms with Crippen molar-refractivity contribution >= 4 is 46.0 Å². The molecule has 104 valence electrons. The summed E-state index contributed by atoms with van der Waals surface area (Å²) >= 11 is 6.65. The number of carbonyl (C=O) groups excluding carboxylic acids is 1. The van der Waals surface area contributed by atoms with Crippen molar-refractivity contribution in [2.75, 3.05) is 4.90 Å². The molecule has 21 heavy (non-hydrogen) atoms. The molecule has 3 rings (SSSR count). The molecule has 1 aromatic heterocycles. The number of carbonyl (C=O) groups is 1. The molecule has 1 aliphatic rings. The molecule has 0 aliphatic carbocycles. The largest absolute Gasteiger partial charge is 0.270 e. The number of aromatic nitrogens is 1. The molecule has 1 fully saturated rings. The molecule has 0 saturated carbocycles. The first kappa shape index (κ1) is 14.0. The predicted molar refractivity (Wildman–Crippen MR) is 91.1 cm³/mol. The molecule has 1 saturated heterocycles. The molecule has 3 nitrogen and oxygen atoms in total. The highest BCUT2D eigenvalue weighted by atomic mass is 32.2. The van der Waals surface area contributed by atoms with Crippen molar-refractivity contribution in [2.24, 2.45) is 0 Å². The third-order valence-electron chi connectivity index (χ3n) is 3.17. The number of nitrogens with zero attached hydrogens (tertiary/aromatic N) is 2. The van der Waals surface area contributed by atoms with Gasteiger partial charge in [-0.3, -0.25) is 14.7 Å². The molecule has 5 heteroatoms. The first-order valence-electron chi connectivity index (χ1n) is 6.40. The smallest absolute Gasteiger partial charge is 0.268 e. The van der Waals surface area contributed by atoms with E-state index in [1.54, 1.807) is 18.5 Å². The summed E-state index contributed by atoms with van der Waals surface area (Å²) in [4.78, 5) is 18.8. The Hall–Kier alpha value is -1.98. The average Bonchev–Trinajstić information content (AvgIpc) is 2.77. The van der Waals surface area contributed by atoms with Crippen LogP contribution in [0, 0.1) is 6.92 Å². The molecule has 0 atom stereocenters. The summed E-state index contributed by atoms with van der Waals surface area (Å²) in [6.07, 6.45) is 5.21. The Morgan fingerprint density at radius 3 is 2.76 bits per heavy atom. The second kappa shape index (κ2) is 5.79. The third-order valence-corrected chi connectivity index (χ3v) is 4.48. The molecule has 2 heterocycles. The molecule has 1 amide bonds. The van der Waals surface area contributed by atoms with Gasteiger partial charge in [0.1, 0.15) is 0 Å². The lowest BCUT2D eigenvalue weighted by molar-refractivity contribution is -0.113. The van der Waals surface area contributed by atoms with Crippen LogP contribution < -0.4 is 4.90 Å². The minimum atomic E-state index is -0.0961. The van der Waals surface area contributed by atoms with E-state index in [-0.39, 0.29) is 5.91 Å². The fourth-order valence-electron chi connectivity index (χ4n) is 2.07. The highest BCUT2D eigenvalue weighted by molar-refractivity contribution is 8.27. The summed E-state index contributed by atoms with van der Waals surface area (Å²) < 4.78 is 0.535. The van der Waals surface area contributed by atoms with E-state index in [9.17, 15) is 4.79 Å². The molecule has 0 bridgehead atoms. The van der Waals surface area contributed by atoms with Crippen LogP contribution in [0.25, 0.3) is 6.08 Å². The van der Waals surface area contributed by atoms with E-state index in [1.807, 2.05) is 43.3 Å². The highest BCUT2D eigenvalue weighted by Crippen LogP contribution is 2.35. The second-order valence-electron chi connectivity index (χ2n) is 4.58. The summed E-state index contributed by atoms with van der Waals surface area (Å²) in [5, 5.41) is 0. The van der Waals surface area contributed by atoms with E-state index >= 15 is 0 Å². The van der Waals surface area contributed by atoms with Crippen molar-refractivity contribution in [1.82, 2.24) is 4.98 Å². The number of pyridine rings is 1. The minimum Gasteiger partial charge on any atom is -0.268 e. The van der Waals surface area contributed by atoms with Crippen LogP contribution in [0.1, 0.15) is 11.1 Å². The first-order valence-corrected chi connectivity index (χ1v) is 7.63. The lowest BCUT2D eigenvalue weighted by Gasteiger charge is -2.13. The predicted octanol–water partition coefficient (Wildman–Crippen LogP) is 3.80. The molecule has 1 aliphatic heterocycles. The van der Waals surface area contributed by atoms with Gasteiger partial charge in [-0.25, -0.2) is 0 Å². The number of aryl methyl sites for hydroxylation is 1. The van der Waals surface area contributed by atoms with E-state index in [4.69, 9.17) is 12.2 Å². The fraction of sp³-hybridized carbons (Fsp3) is 0.0625. The third kappa shape index (κ3) is 2.75. The number of anilines is 1. The maximum Gasteiger partial charge on any atom is 0.270 e. The number of benzene rings is 1. The van der Waals surface area contributed by atoms with Crippen LogP contribution in [0.15, 0.2) is 53.7 Å². The van der Waals surface area contributed by atoms with Crippen molar-refractivity contribution in [3.05, 3.63) is 64.8 Å². The van der Waals surface area contributed by atoms with E-state index in [1.165, 1.54) is 16.7 Å². The Kier molecular flexibility index (Phi) is 3.86. The van der Waals surface area contributed by atoms with Crippen molar-refractivity contribution < 1.29 is 4.79 Å². The number of rotatable bonds is 2. The fourth-order valence-corrected chi connectivity index (χ4v) is 3.36. The number of amides is 1. The van der Waals surface area contributed by atoms with Crippen molar-refractivity contribution in [1.29, 1.82) is 0 Å². The van der Waals surface area contributed by atoms with Gasteiger partial charge in [0.05, 0.1) is 16.8 Å². The van der Waals surface area contributed by atoms with Gasteiger partial charge < -0.3 is 0 Å². The van der Waals surface area contributed by atoms with Gasteiger partial charge in [-0.05, 0) is 36.3 Å². The topological polar surface area (TPSA) is 33.2 Å². The monoisotopic (exact) mass is 312 g/mol. The lowest BCUT2D eigenvalue weighted by atomic mass is 10.1. The van der Waals surface area contributed by atoms with Crippen LogP contribution in [-0.4, -0.2) is 15.2 Å².